The quantitative estimate of drug-likeness (QED) is 0.866. The van der Waals surface area contributed by atoms with Gasteiger partial charge in [-0.2, -0.15) is 0 Å². The van der Waals surface area contributed by atoms with Crippen molar-refractivity contribution in [3.05, 3.63) is 65.5 Å². The van der Waals surface area contributed by atoms with E-state index in [1.54, 1.807) is 17.0 Å². The van der Waals surface area contributed by atoms with Crippen LogP contribution in [0.3, 0.4) is 0 Å². The topological polar surface area (TPSA) is 86.7 Å². The highest BCUT2D eigenvalue weighted by Crippen LogP contribution is 2.21. The number of nitrogens with one attached hydrogen (secondary N) is 1. The molecule has 1 aliphatic rings. The van der Waals surface area contributed by atoms with Crippen molar-refractivity contribution >= 4 is 23.5 Å². The lowest BCUT2D eigenvalue weighted by Crippen LogP contribution is -2.43. The van der Waals surface area contributed by atoms with Crippen LogP contribution in [0.25, 0.3) is 0 Å². The lowest BCUT2D eigenvalue weighted by Gasteiger charge is -2.32. The van der Waals surface area contributed by atoms with Gasteiger partial charge in [0.2, 0.25) is 5.91 Å². The van der Waals surface area contributed by atoms with Gasteiger partial charge in [0.1, 0.15) is 5.82 Å². The van der Waals surface area contributed by atoms with Gasteiger partial charge in [0.25, 0.3) is 5.91 Å². The number of hydrogen-bond acceptors (Lipinski definition) is 3. The molecule has 0 aliphatic carbocycles. The number of piperidine rings is 1. The molecule has 140 valence electrons. The number of anilines is 1. The molecule has 27 heavy (non-hydrogen) atoms. The van der Waals surface area contributed by atoms with Crippen LogP contribution >= 0.6 is 0 Å². The van der Waals surface area contributed by atoms with E-state index in [9.17, 15) is 18.8 Å². The van der Waals surface area contributed by atoms with E-state index < -0.39 is 17.7 Å². The van der Waals surface area contributed by atoms with E-state index >= 15 is 0 Å². The highest BCUT2D eigenvalue weighted by molar-refractivity contribution is 5.97. The number of rotatable bonds is 4. The van der Waals surface area contributed by atoms with Gasteiger partial charge in [0.05, 0.1) is 11.5 Å². The summed E-state index contributed by atoms with van der Waals surface area (Å²) in [4.78, 5) is 37.7. The van der Waals surface area contributed by atoms with Gasteiger partial charge in [-0.05, 0) is 55.3 Å². The summed E-state index contributed by atoms with van der Waals surface area (Å²) in [6, 6.07) is 11.3. The summed E-state index contributed by atoms with van der Waals surface area (Å²) in [7, 11) is 0. The number of benzene rings is 2. The van der Waals surface area contributed by atoms with E-state index in [1.165, 1.54) is 36.4 Å². The third-order valence-corrected chi connectivity index (χ3v) is 4.55. The van der Waals surface area contributed by atoms with Crippen molar-refractivity contribution in [2.24, 2.45) is 5.92 Å². The predicted molar refractivity (Wildman–Crippen MR) is 97.1 cm³/mol. The maximum atomic E-state index is 13.0. The normalized spacial score (nSPS) is 16.6. The number of likely N-dealkylation sites (tertiary alicyclic amines) is 1. The second-order valence-electron chi connectivity index (χ2n) is 6.47. The number of carbonyl (C=O) groups excluding carboxylic acids is 2. The summed E-state index contributed by atoms with van der Waals surface area (Å²) in [5, 5.41) is 11.8. The first-order chi connectivity index (χ1) is 12.9. The largest absolute Gasteiger partial charge is 0.478 e. The Morgan fingerprint density at radius 3 is 2.52 bits per heavy atom. The maximum absolute atomic E-state index is 13.0. The standard InChI is InChI=1S/C20H19FN2O4/c21-16-8-6-13(7-9-16)19(25)23-10-2-4-15(12-23)18(24)22-17-5-1-3-14(11-17)20(26)27/h1,3,5-9,11,15H,2,4,10,12H2,(H,22,24)(H,26,27). The molecular formula is C20H19FN2O4. The Labute approximate surface area is 155 Å². The number of carboxylic acid groups (broad SMARTS) is 1. The molecule has 1 heterocycles. The van der Waals surface area contributed by atoms with Crippen LogP contribution in [0.5, 0.6) is 0 Å². The van der Waals surface area contributed by atoms with Gasteiger partial charge in [0, 0.05) is 24.3 Å². The third-order valence-electron chi connectivity index (χ3n) is 4.55. The van der Waals surface area contributed by atoms with E-state index in [2.05, 4.69) is 5.32 Å². The molecule has 0 saturated carbocycles. The number of amides is 2. The fourth-order valence-corrected chi connectivity index (χ4v) is 3.12. The van der Waals surface area contributed by atoms with Gasteiger partial charge in [-0.1, -0.05) is 6.07 Å². The molecule has 2 aromatic rings. The van der Waals surface area contributed by atoms with E-state index in [4.69, 9.17) is 5.11 Å². The van der Waals surface area contributed by atoms with Crippen LogP contribution in [0, 0.1) is 11.7 Å². The molecule has 1 atom stereocenters. The van der Waals surface area contributed by atoms with Crippen molar-refractivity contribution < 1.29 is 23.9 Å². The second kappa shape index (κ2) is 7.99. The molecule has 1 unspecified atom stereocenters. The molecule has 2 aromatic carbocycles. The zero-order valence-electron chi connectivity index (χ0n) is 14.5. The molecule has 6 nitrogen and oxygen atoms in total. The highest BCUT2D eigenvalue weighted by Gasteiger charge is 2.29. The van der Waals surface area contributed by atoms with Crippen molar-refractivity contribution in [1.82, 2.24) is 4.90 Å². The minimum atomic E-state index is -1.07. The lowest BCUT2D eigenvalue weighted by atomic mass is 9.96. The van der Waals surface area contributed by atoms with Crippen LogP contribution in [-0.4, -0.2) is 40.9 Å². The molecule has 1 aliphatic heterocycles. The van der Waals surface area contributed by atoms with Gasteiger partial charge in [0.15, 0.2) is 0 Å². The van der Waals surface area contributed by atoms with Crippen LogP contribution in [0.4, 0.5) is 10.1 Å². The molecule has 1 saturated heterocycles. The molecule has 1 fully saturated rings. The summed E-state index contributed by atoms with van der Waals surface area (Å²) in [5.74, 6) is -2.36. The minimum absolute atomic E-state index is 0.0876. The van der Waals surface area contributed by atoms with Crippen LogP contribution in [0.2, 0.25) is 0 Å². The molecule has 2 N–H and O–H groups in total. The monoisotopic (exact) mass is 370 g/mol. The maximum Gasteiger partial charge on any atom is 0.335 e. The van der Waals surface area contributed by atoms with Crippen LogP contribution in [-0.2, 0) is 4.79 Å². The molecule has 3 rings (SSSR count). The Bertz CT molecular complexity index is 867. The molecule has 0 radical (unpaired) electrons. The van der Waals surface area contributed by atoms with Crippen LogP contribution in [0.1, 0.15) is 33.6 Å². The summed E-state index contributed by atoms with van der Waals surface area (Å²) in [6.07, 6.45) is 1.32. The first-order valence-electron chi connectivity index (χ1n) is 8.63. The van der Waals surface area contributed by atoms with Gasteiger partial charge >= 0.3 is 5.97 Å². The Morgan fingerprint density at radius 2 is 1.81 bits per heavy atom. The SMILES string of the molecule is O=C(O)c1cccc(NC(=O)C2CCCN(C(=O)c3ccc(F)cc3)C2)c1. The number of halogens is 1. The number of aromatic carboxylic acids is 1. The van der Waals surface area contributed by atoms with Crippen molar-refractivity contribution in [3.63, 3.8) is 0 Å². The number of nitrogens with zero attached hydrogens (tertiary/aromatic N) is 1. The third kappa shape index (κ3) is 4.49. The van der Waals surface area contributed by atoms with Crippen molar-refractivity contribution in [2.75, 3.05) is 18.4 Å². The molecule has 0 aromatic heterocycles. The average Bonchev–Trinajstić information content (AvgIpc) is 2.68. The summed E-state index contributed by atoms with van der Waals surface area (Å²) in [6.45, 7) is 0.801. The van der Waals surface area contributed by atoms with Crippen molar-refractivity contribution in [2.45, 2.75) is 12.8 Å². The number of carboxylic acids is 1. The van der Waals surface area contributed by atoms with Crippen molar-refractivity contribution in [1.29, 1.82) is 0 Å². The van der Waals surface area contributed by atoms with Gasteiger partial charge in [-0.25, -0.2) is 9.18 Å². The smallest absolute Gasteiger partial charge is 0.335 e. The Morgan fingerprint density at radius 1 is 1.07 bits per heavy atom. The predicted octanol–water partition coefficient (Wildman–Crippen LogP) is 3.01. The number of hydrogen-bond donors (Lipinski definition) is 2. The zero-order chi connectivity index (χ0) is 19.4. The summed E-state index contributed by atoms with van der Waals surface area (Å²) < 4.78 is 13.0. The van der Waals surface area contributed by atoms with Crippen LogP contribution < -0.4 is 5.32 Å². The first kappa shape index (κ1) is 18.6. The van der Waals surface area contributed by atoms with Crippen LogP contribution in [0.15, 0.2) is 48.5 Å². The van der Waals surface area contributed by atoms with Crippen molar-refractivity contribution in [3.8, 4) is 0 Å². The van der Waals surface area contributed by atoms with E-state index in [-0.39, 0.29) is 23.9 Å². The van der Waals surface area contributed by atoms with E-state index in [1.807, 2.05) is 0 Å². The van der Waals surface area contributed by atoms with Gasteiger partial charge in [-0.15, -0.1) is 0 Å². The first-order valence-corrected chi connectivity index (χ1v) is 8.63. The Balaban J connectivity index is 1.66. The van der Waals surface area contributed by atoms with E-state index in [0.717, 1.165) is 0 Å². The summed E-state index contributed by atoms with van der Waals surface area (Å²) in [5.41, 5.74) is 0.873. The minimum Gasteiger partial charge on any atom is -0.478 e. The van der Waals surface area contributed by atoms with Gasteiger partial charge in [-0.3, -0.25) is 9.59 Å². The highest BCUT2D eigenvalue weighted by atomic mass is 19.1. The zero-order valence-corrected chi connectivity index (χ0v) is 14.5. The fourth-order valence-electron chi connectivity index (χ4n) is 3.12. The molecule has 2 amide bonds. The average molecular weight is 370 g/mol. The Hall–Kier alpha value is -3.22. The Kier molecular flexibility index (Phi) is 5.49. The molecule has 0 bridgehead atoms. The number of carbonyl (C=O) groups is 3. The summed E-state index contributed by atoms with van der Waals surface area (Å²) >= 11 is 0. The molecule has 7 heteroatoms. The van der Waals surface area contributed by atoms with Gasteiger partial charge < -0.3 is 15.3 Å². The van der Waals surface area contributed by atoms with E-state index in [0.29, 0.717) is 30.6 Å². The fraction of sp³-hybridized carbons (Fsp3) is 0.250. The lowest BCUT2D eigenvalue weighted by molar-refractivity contribution is -0.121. The second-order valence-corrected chi connectivity index (χ2v) is 6.47. The molecule has 0 spiro atoms. The molecular weight excluding hydrogens is 351 g/mol.